The molecule has 0 spiro atoms. The summed E-state index contributed by atoms with van der Waals surface area (Å²) in [6.07, 6.45) is 5.60. The number of hydrogen-bond donors (Lipinski definition) is 2. The van der Waals surface area contributed by atoms with Gasteiger partial charge in [-0.25, -0.2) is 0 Å². The van der Waals surface area contributed by atoms with Gasteiger partial charge in [-0.2, -0.15) is 0 Å². The summed E-state index contributed by atoms with van der Waals surface area (Å²) in [5, 5.41) is 4.75. The summed E-state index contributed by atoms with van der Waals surface area (Å²) in [6.45, 7) is 2.05. The van der Waals surface area contributed by atoms with Crippen LogP contribution in [0.4, 0.5) is 0 Å². The van der Waals surface area contributed by atoms with E-state index in [-0.39, 0.29) is 0 Å². The predicted molar refractivity (Wildman–Crippen MR) is 89.2 cm³/mol. The van der Waals surface area contributed by atoms with E-state index in [9.17, 15) is 0 Å². The van der Waals surface area contributed by atoms with E-state index in [0.717, 1.165) is 19.5 Å². The van der Waals surface area contributed by atoms with E-state index in [0.29, 0.717) is 0 Å². The Balaban J connectivity index is 1.79. The molecule has 2 N–H and O–H groups in total. The number of rotatable bonds is 2. The third-order valence-corrected chi connectivity index (χ3v) is 4.16. The smallest absolute Gasteiger partial charge is 0.0466 e. The van der Waals surface area contributed by atoms with Crippen molar-refractivity contribution >= 4 is 16.5 Å². The molecular weight excluding hydrogens is 256 g/mol. The Kier molecular flexibility index (Phi) is 3.09. The van der Waals surface area contributed by atoms with Crippen molar-refractivity contribution in [3.8, 4) is 11.1 Å². The second-order valence-corrected chi connectivity index (χ2v) is 5.52. The molecule has 1 aliphatic heterocycles. The van der Waals surface area contributed by atoms with E-state index < -0.39 is 0 Å². The van der Waals surface area contributed by atoms with Gasteiger partial charge in [0.25, 0.3) is 0 Å². The molecule has 2 aromatic carbocycles. The topological polar surface area (TPSA) is 27.8 Å². The molecule has 0 saturated carbocycles. The normalized spacial score (nSPS) is 15.1. The molecule has 21 heavy (non-hydrogen) atoms. The van der Waals surface area contributed by atoms with Gasteiger partial charge in [0, 0.05) is 29.2 Å². The average Bonchev–Trinajstić information content (AvgIpc) is 2.99. The van der Waals surface area contributed by atoms with E-state index in [2.05, 4.69) is 71.1 Å². The Morgan fingerprint density at radius 2 is 1.81 bits per heavy atom. The van der Waals surface area contributed by atoms with Gasteiger partial charge >= 0.3 is 0 Å². The molecule has 0 bridgehead atoms. The maximum Gasteiger partial charge on any atom is 0.0466 e. The van der Waals surface area contributed by atoms with Gasteiger partial charge in [-0.1, -0.05) is 48.5 Å². The maximum atomic E-state index is 3.44. The van der Waals surface area contributed by atoms with Gasteiger partial charge in [0.1, 0.15) is 0 Å². The number of benzene rings is 2. The molecule has 104 valence electrons. The molecule has 0 unspecified atom stereocenters. The van der Waals surface area contributed by atoms with Crippen molar-refractivity contribution in [2.75, 3.05) is 13.1 Å². The van der Waals surface area contributed by atoms with Gasteiger partial charge in [-0.05, 0) is 35.7 Å². The highest BCUT2D eigenvalue weighted by atomic mass is 14.9. The Labute approximate surface area is 124 Å². The molecule has 1 aromatic heterocycles. The van der Waals surface area contributed by atoms with Crippen LogP contribution in [0.5, 0.6) is 0 Å². The number of aromatic nitrogens is 1. The Morgan fingerprint density at radius 3 is 2.62 bits per heavy atom. The first kappa shape index (κ1) is 12.4. The van der Waals surface area contributed by atoms with Crippen LogP contribution in [-0.4, -0.2) is 18.1 Å². The largest absolute Gasteiger partial charge is 0.361 e. The molecule has 0 saturated heterocycles. The van der Waals surface area contributed by atoms with Crippen molar-refractivity contribution in [1.82, 2.24) is 10.3 Å². The van der Waals surface area contributed by atoms with Crippen LogP contribution in [0.1, 0.15) is 12.0 Å². The second-order valence-electron chi connectivity index (χ2n) is 5.52. The van der Waals surface area contributed by atoms with E-state index in [1.54, 1.807) is 0 Å². The van der Waals surface area contributed by atoms with Gasteiger partial charge < -0.3 is 10.3 Å². The maximum absolute atomic E-state index is 3.44. The lowest BCUT2D eigenvalue weighted by Crippen LogP contribution is -2.21. The Morgan fingerprint density at radius 1 is 0.905 bits per heavy atom. The summed E-state index contributed by atoms with van der Waals surface area (Å²) in [5.41, 5.74) is 6.45. The zero-order chi connectivity index (χ0) is 14.1. The second kappa shape index (κ2) is 5.23. The van der Waals surface area contributed by atoms with Gasteiger partial charge in [0.05, 0.1) is 0 Å². The molecule has 0 amide bonds. The zero-order valence-electron chi connectivity index (χ0n) is 11.9. The standard InChI is InChI=1S/C19H18N2/c1-2-5-14(6-3-1)15-8-9-17-18(13-21-19(17)11-15)16-7-4-10-20-12-16/h1-3,5-9,11,13,20-21H,4,10,12H2. The summed E-state index contributed by atoms with van der Waals surface area (Å²) >= 11 is 0. The molecule has 2 heteroatoms. The minimum absolute atomic E-state index is 0.966. The van der Waals surface area contributed by atoms with Gasteiger partial charge in [0.2, 0.25) is 0 Å². The SMILES string of the molecule is C1=C(c2c[nH]c3cc(-c4ccccc4)ccc23)CNCC1. The number of nitrogens with one attached hydrogen (secondary N) is 2. The van der Waals surface area contributed by atoms with E-state index in [1.165, 1.54) is 33.2 Å². The fourth-order valence-electron chi connectivity index (χ4n) is 3.05. The van der Waals surface area contributed by atoms with Gasteiger partial charge in [-0.3, -0.25) is 0 Å². The first-order valence-corrected chi connectivity index (χ1v) is 7.48. The third-order valence-electron chi connectivity index (χ3n) is 4.16. The summed E-state index contributed by atoms with van der Waals surface area (Å²) in [4.78, 5) is 3.43. The molecule has 0 aliphatic carbocycles. The summed E-state index contributed by atoms with van der Waals surface area (Å²) < 4.78 is 0. The average molecular weight is 274 g/mol. The summed E-state index contributed by atoms with van der Waals surface area (Å²) in [5.74, 6) is 0. The fourth-order valence-corrected chi connectivity index (χ4v) is 3.05. The van der Waals surface area contributed by atoms with Crippen LogP contribution in [0.15, 0.2) is 60.8 Å². The molecule has 0 atom stereocenters. The van der Waals surface area contributed by atoms with Crippen LogP contribution >= 0.6 is 0 Å². The molecule has 3 aromatic rings. The van der Waals surface area contributed by atoms with E-state index >= 15 is 0 Å². The minimum Gasteiger partial charge on any atom is -0.361 e. The van der Waals surface area contributed by atoms with Crippen molar-refractivity contribution in [2.45, 2.75) is 6.42 Å². The summed E-state index contributed by atoms with van der Waals surface area (Å²) in [6, 6.07) is 17.2. The molecule has 2 heterocycles. The molecule has 2 nitrogen and oxygen atoms in total. The van der Waals surface area contributed by atoms with Crippen molar-refractivity contribution in [2.24, 2.45) is 0 Å². The van der Waals surface area contributed by atoms with Gasteiger partial charge in [-0.15, -0.1) is 0 Å². The monoisotopic (exact) mass is 274 g/mol. The van der Waals surface area contributed by atoms with Crippen LogP contribution in [0.25, 0.3) is 27.6 Å². The van der Waals surface area contributed by atoms with Crippen molar-refractivity contribution < 1.29 is 0 Å². The summed E-state index contributed by atoms with van der Waals surface area (Å²) in [7, 11) is 0. The van der Waals surface area contributed by atoms with Crippen molar-refractivity contribution in [3.63, 3.8) is 0 Å². The first-order valence-electron chi connectivity index (χ1n) is 7.48. The highest BCUT2D eigenvalue weighted by molar-refractivity contribution is 5.95. The first-order chi connectivity index (χ1) is 10.4. The van der Waals surface area contributed by atoms with E-state index in [4.69, 9.17) is 0 Å². The zero-order valence-corrected chi connectivity index (χ0v) is 11.9. The quantitative estimate of drug-likeness (QED) is 0.719. The number of fused-ring (bicyclic) bond motifs is 1. The predicted octanol–water partition coefficient (Wildman–Crippen LogP) is 4.21. The Bertz CT molecular complexity index is 797. The van der Waals surface area contributed by atoms with Gasteiger partial charge in [0.15, 0.2) is 0 Å². The minimum atomic E-state index is 0.966. The molecule has 4 rings (SSSR count). The lowest BCUT2D eigenvalue weighted by atomic mass is 9.99. The van der Waals surface area contributed by atoms with Crippen molar-refractivity contribution in [3.05, 3.63) is 66.4 Å². The Hall–Kier alpha value is -2.32. The molecule has 1 aliphatic rings. The fraction of sp³-hybridized carbons (Fsp3) is 0.158. The number of aromatic amines is 1. The van der Waals surface area contributed by atoms with Crippen molar-refractivity contribution in [1.29, 1.82) is 0 Å². The van der Waals surface area contributed by atoms with Crippen LogP contribution in [-0.2, 0) is 0 Å². The lowest BCUT2D eigenvalue weighted by Gasteiger charge is -2.13. The highest BCUT2D eigenvalue weighted by Gasteiger charge is 2.11. The highest BCUT2D eigenvalue weighted by Crippen LogP contribution is 2.29. The van der Waals surface area contributed by atoms with Crippen LogP contribution < -0.4 is 5.32 Å². The van der Waals surface area contributed by atoms with E-state index in [1.807, 2.05) is 0 Å². The molecule has 0 fully saturated rings. The number of H-pyrrole nitrogens is 1. The van der Waals surface area contributed by atoms with Crippen LogP contribution in [0, 0.1) is 0 Å². The molecular formula is C19H18N2. The third kappa shape index (κ3) is 2.28. The van der Waals surface area contributed by atoms with Crippen LogP contribution in [0.2, 0.25) is 0 Å². The molecule has 0 radical (unpaired) electrons. The van der Waals surface area contributed by atoms with Crippen LogP contribution in [0.3, 0.4) is 0 Å². The number of hydrogen-bond acceptors (Lipinski definition) is 1. The lowest BCUT2D eigenvalue weighted by molar-refractivity contribution is 0.739.